The fourth-order valence-corrected chi connectivity index (χ4v) is 0.765. The number of anilines is 1. The molecule has 0 bridgehead atoms. The lowest BCUT2D eigenvalue weighted by atomic mass is 10.3. The first-order valence-corrected chi connectivity index (χ1v) is 3.11. The Morgan fingerprint density at radius 2 is 2.60 bits per heavy atom. The predicted octanol–water partition coefficient (Wildman–Crippen LogP) is 1.04. The van der Waals surface area contributed by atoms with E-state index in [2.05, 4.69) is 11.6 Å². The molecule has 0 aliphatic rings. The Morgan fingerprint density at radius 1 is 1.90 bits per heavy atom. The van der Waals surface area contributed by atoms with Crippen molar-refractivity contribution in [2.45, 2.75) is 13.5 Å². The lowest BCUT2D eigenvalue weighted by Gasteiger charge is -2.01. The molecule has 0 amide bonds. The van der Waals surface area contributed by atoms with E-state index in [1.54, 1.807) is 6.20 Å². The molecule has 0 aliphatic heterocycles. The molecule has 0 spiro atoms. The smallest absolute Gasteiger partial charge is 0.200 e. The molecule has 0 saturated heterocycles. The number of rotatable bonds is 2. The Kier molecular flexibility index (Phi) is 1.76. The van der Waals surface area contributed by atoms with Crippen LogP contribution in [0, 0.1) is 0 Å². The van der Waals surface area contributed by atoms with E-state index in [0.717, 1.165) is 12.1 Å². The maximum Gasteiger partial charge on any atom is 0.200 e. The number of aromatic nitrogens is 2. The van der Waals surface area contributed by atoms with Crippen molar-refractivity contribution < 1.29 is 0 Å². The third-order valence-electron chi connectivity index (χ3n) is 1.19. The van der Waals surface area contributed by atoms with Gasteiger partial charge in [-0.2, -0.15) is 0 Å². The van der Waals surface area contributed by atoms with Gasteiger partial charge in [0.05, 0.1) is 0 Å². The summed E-state index contributed by atoms with van der Waals surface area (Å²) in [5.74, 6) is 0.544. The van der Waals surface area contributed by atoms with E-state index in [1.165, 1.54) is 0 Å². The molecule has 0 aromatic carbocycles. The van der Waals surface area contributed by atoms with Crippen molar-refractivity contribution in [1.29, 1.82) is 0 Å². The van der Waals surface area contributed by atoms with Crippen molar-refractivity contribution >= 4 is 5.95 Å². The van der Waals surface area contributed by atoms with Crippen LogP contribution in [0.15, 0.2) is 24.5 Å². The third-order valence-corrected chi connectivity index (χ3v) is 1.19. The van der Waals surface area contributed by atoms with Crippen LogP contribution in [0.2, 0.25) is 0 Å². The molecular weight excluding hydrogens is 126 g/mol. The molecule has 10 heavy (non-hydrogen) atoms. The first-order valence-electron chi connectivity index (χ1n) is 3.11. The zero-order valence-electron chi connectivity index (χ0n) is 6.04. The first kappa shape index (κ1) is 6.86. The largest absolute Gasteiger partial charge is 0.369 e. The van der Waals surface area contributed by atoms with Crippen LogP contribution in [-0.4, -0.2) is 9.55 Å². The van der Waals surface area contributed by atoms with Gasteiger partial charge in [-0.1, -0.05) is 12.2 Å². The van der Waals surface area contributed by atoms with Crippen LogP contribution in [0.4, 0.5) is 5.95 Å². The fourth-order valence-electron chi connectivity index (χ4n) is 0.765. The summed E-state index contributed by atoms with van der Waals surface area (Å²) in [7, 11) is 0. The maximum absolute atomic E-state index is 5.50. The van der Waals surface area contributed by atoms with Crippen molar-refractivity contribution in [3.05, 3.63) is 24.5 Å². The molecule has 3 heteroatoms. The van der Waals surface area contributed by atoms with E-state index in [9.17, 15) is 0 Å². The SMILES string of the molecule is C=C(C)Cn1ccnc1N. The zero-order chi connectivity index (χ0) is 7.56. The summed E-state index contributed by atoms with van der Waals surface area (Å²) in [6.07, 6.45) is 3.52. The van der Waals surface area contributed by atoms with E-state index in [4.69, 9.17) is 5.73 Å². The van der Waals surface area contributed by atoms with E-state index in [1.807, 2.05) is 17.7 Å². The number of nitrogen functional groups attached to an aromatic ring is 1. The Labute approximate surface area is 60.2 Å². The average molecular weight is 137 g/mol. The third kappa shape index (κ3) is 1.37. The monoisotopic (exact) mass is 137 g/mol. The van der Waals surface area contributed by atoms with Crippen molar-refractivity contribution in [3.8, 4) is 0 Å². The van der Waals surface area contributed by atoms with Crippen LogP contribution in [0.5, 0.6) is 0 Å². The van der Waals surface area contributed by atoms with E-state index < -0.39 is 0 Å². The summed E-state index contributed by atoms with van der Waals surface area (Å²) in [5.41, 5.74) is 6.57. The molecule has 0 aliphatic carbocycles. The van der Waals surface area contributed by atoms with Crippen LogP contribution in [0.25, 0.3) is 0 Å². The van der Waals surface area contributed by atoms with Crippen LogP contribution < -0.4 is 5.73 Å². The summed E-state index contributed by atoms with van der Waals surface area (Å²) in [4.78, 5) is 3.87. The van der Waals surface area contributed by atoms with Gasteiger partial charge in [0.25, 0.3) is 0 Å². The molecule has 1 heterocycles. The minimum atomic E-state index is 0.544. The molecule has 0 fully saturated rings. The highest BCUT2D eigenvalue weighted by Gasteiger charge is 1.94. The van der Waals surface area contributed by atoms with E-state index in [-0.39, 0.29) is 0 Å². The molecule has 3 nitrogen and oxygen atoms in total. The van der Waals surface area contributed by atoms with Gasteiger partial charge in [0.1, 0.15) is 0 Å². The summed E-state index contributed by atoms with van der Waals surface area (Å²) >= 11 is 0. The maximum atomic E-state index is 5.50. The topological polar surface area (TPSA) is 43.8 Å². The Morgan fingerprint density at radius 3 is 3.00 bits per heavy atom. The summed E-state index contributed by atoms with van der Waals surface area (Å²) in [5, 5.41) is 0. The van der Waals surface area contributed by atoms with Gasteiger partial charge < -0.3 is 10.3 Å². The molecule has 0 unspecified atom stereocenters. The molecule has 1 rings (SSSR count). The average Bonchev–Trinajstić information content (AvgIpc) is 2.15. The van der Waals surface area contributed by atoms with Crippen LogP contribution in [0.3, 0.4) is 0 Å². The van der Waals surface area contributed by atoms with Crippen LogP contribution in [-0.2, 0) is 6.54 Å². The standard InChI is InChI=1S/C7H11N3/c1-6(2)5-10-4-3-9-7(10)8/h3-4H,1,5H2,2H3,(H2,8,9). The van der Waals surface area contributed by atoms with E-state index in [0.29, 0.717) is 5.95 Å². The molecule has 0 saturated carbocycles. The van der Waals surface area contributed by atoms with Crippen LogP contribution >= 0.6 is 0 Å². The second kappa shape index (κ2) is 2.56. The summed E-state index contributed by atoms with van der Waals surface area (Å²) < 4.78 is 1.85. The van der Waals surface area contributed by atoms with Gasteiger partial charge in [0, 0.05) is 18.9 Å². The number of hydrogen-bond donors (Lipinski definition) is 1. The van der Waals surface area contributed by atoms with Gasteiger partial charge in [0.15, 0.2) is 5.95 Å². The van der Waals surface area contributed by atoms with Crippen molar-refractivity contribution in [3.63, 3.8) is 0 Å². The second-order valence-corrected chi connectivity index (χ2v) is 2.37. The molecular formula is C7H11N3. The Balaban J connectivity index is 2.74. The highest BCUT2D eigenvalue weighted by Crippen LogP contribution is 2.01. The zero-order valence-corrected chi connectivity index (χ0v) is 6.04. The molecule has 54 valence electrons. The Bertz CT molecular complexity index is 237. The van der Waals surface area contributed by atoms with Gasteiger partial charge >= 0.3 is 0 Å². The van der Waals surface area contributed by atoms with Gasteiger partial charge in [-0.25, -0.2) is 4.98 Å². The lowest BCUT2D eigenvalue weighted by molar-refractivity contribution is 0.798. The second-order valence-electron chi connectivity index (χ2n) is 2.37. The molecule has 0 atom stereocenters. The van der Waals surface area contributed by atoms with Gasteiger partial charge in [0.2, 0.25) is 0 Å². The van der Waals surface area contributed by atoms with Crippen molar-refractivity contribution in [1.82, 2.24) is 9.55 Å². The van der Waals surface area contributed by atoms with E-state index >= 15 is 0 Å². The highest BCUT2D eigenvalue weighted by atomic mass is 15.1. The quantitative estimate of drug-likeness (QED) is 0.619. The van der Waals surface area contributed by atoms with Gasteiger partial charge in [-0.15, -0.1) is 0 Å². The van der Waals surface area contributed by atoms with Crippen molar-refractivity contribution in [2.75, 3.05) is 5.73 Å². The first-order chi connectivity index (χ1) is 4.70. The van der Waals surface area contributed by atoms with Gasteiger partial charge in [-0.3, -0.25) is 0 Å². The lowest BCUT2D eigenvalue weighted by Crippen LogP contribution is -2.02. The molecule has 1 aromatic heterocycles. The molecule has 0 radical (unpaired) electrons. The van der Waals surface area contributed by atoms with Crippen LogP contribution in [0.1, 0.15) is 6.92 Å². The number of hydrogen-bond acceptors (Lipinski definition) is 2. The number of nitrogens with two attached hydrogens (primary N) is 1. The number of allylic oxidation sites excluding steroid dienone is 1. The minimum absolute atomic E-state index is 0.544. The fraction of sp³-hybridized carbons (Fsp3) is 0.286. The normalized spacial score (nSPS) is 9.70. The Hall–Kier alpha value is -1.25. The summed E-state index contributed by atoms with van der Waals surface area (Å²) in [6.45, 7) is 6.48. The summed E-state index contributed by atoms with van der Waals surface area (Å²) in [6, 6.07) is 0. The predicted molar refractivity (Wildman–Crippen MR) is 41.5 cm³/mol. The minimum Gasteiger partial charge on any atom is -0.369 e. The number of nitrogens with zero attached hydrogens (tertiary/aromatic N) is 2. The number of imidazole rings is 1. The van der Waals surface area contributed by atoms with Crippen molar-refractivity contribution in [2.24, 2.45) is 0 Å². The highest BCUT2D eigenvalue weighted by molar-refractivity contribution is 5.18. The van der Waals surface area contributed by atoms with Gasteiger partial charge in [-0.05, 0) is 6.92 Å². The molecule has 1 aromatic rings. The molecule has 2 N–H and O–H groups in total.